The lowest BCUT2D eigenvalue weighted by Gasteiger charge is -2.18. The maximum absolute atomic E-state index is 12.6. The lowest BCUT2D eigenvalue weighted by molar-refractivity contribution is 0.0952. The van der Waals surface area contributed by atoms with Crippen molar-refractivity contribution in [3.63, 3.8) is 0 Å². The zero-order chi connectivity index (χ0) is 23.9. The maximum atomic E-state index is 12.6. The lowest BCUT2D eigenvalue weighted by Crippen LogP contribution is -2.27. The fourth-order valence-corrected chi connectivity index (χ4v) is 4.63. The molecule has 0 radical (unpaired) electrons. The first-order valence-electron chi connectivity index (χ1n) is 12.2. The average Bonchev–Trinajstić information content (AvgIpc) is 3.49. The summed E-state index contributed by atoms with van der Waals surface area (Å²) in [5, 5.41) is 9.70. The summed E-state index contributed by atoms with van der Waals surface area (Å²) in [6.07, 6.45) is 6.34. The highest BCUT2D eigenvalue weighted by molar-refractivity contribution is 7.99. The second kappa shape index (κ2) is 11.6. The zero-order valence-electron chi connectivity index (χ0n) is 20.3. The number of rotatable bonds is 11. The number of benzene rings is 1. The first-order chi connectivity index (χ1) is 16.5. The zero-order valence-corrected chi connectivity index (χ0v) is 21.1. The van der Waals surface area contributed by atoms with Crippen molar-refractivity contribution >= 4 is 34.5 Å². The second-order valence-electron chi connectivity index (χ2n) is 8.78. The van der Waals surface area contributed by atoms with Gasteiger partial charge in [-0.15, -0.1) is 0 Å². The number of nitrogens with one attached hydrogen (secondary N) is 1. The van der Waals surface area contributed by atoms with Gasteiger partial charge < -0.3 is 15.0 Å². The minimum atomic E-state index is -0.111. The van der Waals surface area contributed by atoms with E-state index in [1.54, 1.807) is 23.9 Å². The number of aromatic nitrogens is 4. The predicted octanol–water partition coefficient (Wildman–Crippen LogP) is 4.54. The van der Waals surface area contributed by atoms with Crippen LogP contribution in [0.3, 0.4) is 0 Å². The van der Waals surface area contributed by atoms with Gasteiger partial charge in [-0.05, 0) is 43.5 Å². The number of unbranched alkanes of at least 4 members (excludes halogenated alkanes) is 1. The molecule has 0 spiro atoms. The van der Waals surface area contributed by atoms with Crippen LogP contribution in [0.25, 0.3) is 11.0 Å². The molecule has 0 aliphatic carbocycles. The molecule has 1 saturated heterocycles. The van der Waals surface area contributed by atoms with Crippen LogP contribution in [0.4, 0.5) is 5.82 Å². The molecule has 1 amide bonds. The van der Waals surface area contributed by atoms with Gasteiger partial charge in [0.05, 0.1) is 24.7 Å². The Morgan fingerprint density at radius 1 is 1.18 bits per heavy atom. The molecule has 1 aromatic carbocycles. The molecule has 1 fully saturated rings. The lowest BCUT2D eigenvalue weighted by atomic mass is 10.2. The molecule has 3 heterocycles. The molecular weight excluding hydrogens is 448 g/mol. The highest BCUT2D eigenvalue weighted by Crippen LogP contribution is 2.30. The quantitative estimate of drug-likeness (QED) is 0.244. The van der Waals surface area contributed by atoms with Crippen molar-refractivity contribution in [1.29, 1.82) is 0 Å². The van der Waals surface area contributed by atoms with Gasteiger partial charge in [0.2, 0.25) is 0 Å². The molecule has 1 aliphatic rings. The Balaban J connectivity index is 1.42. The number of ether oxygens (including phenoxy) is 1. The Morgan fingerprint density at radius 3 is 2.65 bits per heavy atom. The first kappa shape index (κ1) is 24.3. The smallest absolute Gasteiger partial charge is 0.251 e. The topological polar surface area (TPSA) is 85.2 Å². The number of hydrogen-bond donors (Lipinski definition) is 1. The van der Waals surface area contributed by atoms with Gasteiger partial charge in [0.1, 0.15) is 11.6 Å². The summed E-state index contributed by atoms with van der Waals surface area (Å²) < 4.78 is 7.54. The van der Waals surface area contributed by atoms with Gasteiger partial charge in [-0.2, -0.15) is 5.10 Å². The molecule has 0 saturated carbocycles. The Bertz CT molecular complexity index is 1090. The van der Waals surface area contributed by atoms with Crippen LogP contribution in [0.1, 0.15) is 56.8 Å². The normalized spacial score (nSPS) is 13.7. The van der Waals surface area contributed by atoms with Gasteiger partial charge in [0.25, 0.3) is 5.91 Å². The number of fused-ring (bicyclic) bond motifs is 1. The third-order valence-corrected chi connectivity index (χ3v) is 6.56. The van der Waals surface area contributed by atoms with E-state index in [2.05, 4.69) is 36.1 Å². The van der Waals surface area contributed by atoms with E-state index < -0.39 is 0 Å². The fraction of sp³-hybridized carbons (Fsp3) is 0.520. The van der Waals surface area contributed by atoms with Crippen LogP contribution in [0.5, 0.6) is 5.75 Å². The Labute approximate surface area is 205 Å². The molecule has 1 N–H and O–H groups in total. The summed E-state index contributed by atoms with van der Waals surface area (Å²) in [6.45, 7) is 10.1. The van der Waals surface area contributed by atoms with E-state index in [-0.39, 0.29) is 5.91 Å². The van der Waals surface area contributed by atoms with E-state index >= 15 is 0 Å². The molecule has 1 aliphatic heterocycles. The minimum absolute atomic E-state index is 0.111. The van der Waals surface area contributed by atoms with E-state index in [0.29, 0.717) is 30.5 Å². The molecule has 3 aromatic rings. The molecule has 34 heavy (non-hydrogen) atoms. The molecule has 2 aromatic heterocycles. The summed E-state index contributed by atoms with van der Waals surface area (Å²) >= 11 is 1.66. The SMILES string of the molecule is CCCCOc1ccc(C(=O)NCCn2ncc3c(N4CCCC4)nc(SC(C)C)nc32)cc1. The van der Waals surface area contributed by atoms with Crippen molar-refractivity contribution in [1.82, 2.24) is 25.1 Å². The molecule has 0 bridgehead atoms. The fourth-order valence-electron chi connectivity index (χ4n) is 3.93. The number of anilines is 1. The van der Waals surface area contributed by atoms with Crippen molar-refractivity contribution < 1.29 is 9.53 Å². The maximum Gasteiger partial charge on any atom is 0.251 e. The van der Waals surface area contributed by atoms with Gasteiger partial charge in [0, 0.05) is 30.4 Å². The van der Waals surface area contributed by atoms with Crippen LogP contribution in [0.15, 0.2) is 35.6 Å². The first-order valence-corrected chi connectivity index (χ1v) is 13.1. The van der Waals surface area contributed by atoms with Crippen LogP contribution >= 0.6 is 11.8 Å². The van der Waals surface area contributed by atoms with Crippen LogP contribution < -0.4 is 15.0 Å². The van der Waals surface area contributed by atoms with E-state index in [1.165, 1.54) is 12.8 Å². The Hall–Kier alpha value is -2.81. The molecule has 0 unspecified atom stereocenters. The number of hydrogen-bond acceptors (Lipinski definition) is 7. The Morgan fingerprint density at radius 2 is 1.94 bits per heavy atom. The van der Waals surface area contributed by atoms with Crippen molar-refractivity contribution in [2.75, 3.05) is 31.1 Å². The van der Waals surface area contributed by atoms with Crippen LogP contribution in [0, 0.1) is 0 Å². The molecule has 4 rings (SSSR count). The van der Waals surface area contributed by atoms with E-state index in [9.17, 15) is 4.79 Å². The van der Waals surface area contributed by atoms with Crippen molar-refractivity contribution in [3.8, 4) is 5.75 Å². The van der Waals surface area contributed by atoms with Gasteiger partial charge in [-0.3, -0.25) is 4.79 Å². The highest BCUT2D eigenvalue weighted by Gasteiger charge is 2.21. The van der Waals surface area contributed by atoms with Gasteiger partial charge in [0.15, 0.2) is 10.8 Å². The number of thioether (sulfide) groups is 1. The standard InChI is InChI=1S/C25H34N6O2S/c1-4-5-16-33-20-10-8-19(9-11-20)24(32)26-12-15-31-23-21(17-27-31)22(30-13-6-7-14-30)28-25(29-23)34-18(2)3/h8-11,17-18H,4-7,12-16H2,1-3H3,(H,26,32). The Kier molecular flexibility index (Phi) is 8.26. The summed E-state index contributed by atoms with van der Waals surface area (Å²) in [5.74, 6) is 1.65. The second-order valence-corrected chi connectivity index (χ2v) is 10.3. The van der Waals surface area contributed by atoms with E-state index in [4.69, 9.17) is 14.7 Å². The van der Waals surface area contributed by atoms with Crippen LogP contribution in [-0.2, 0) is 6.54 Å². The largest absolute Gasteiger partial charge is 0.494 e. The number of carbonyl (C=O) groups excluding carboxylic acids is 1. The van der Waals surface area contributed by atoms with Crippen molar-refractivity contribution in [3.05, 3.63) is 36.0 Å². The summed E-state index contributed by atoms with van der Waals surface area (Å²) in [7, 11) is 0. The third kappa shape index (κ3) is 6.00. The molecule has 0 atom stereocenters. The van der Waals surface area contributed by atoms with Crippen LogP contribution in [0.2, 0.25) is 0 Å². The molecule has 182 valence electrons. The van der Waals surface area contributed by atoms with Crippen molar-refractivity contribution in [2.24, 2.45) is 0 Å². The van der Waals surface area contributed by atoms with Crippen LogP contribution in [-0.4, -0.2) is 57.1 Å². The monoisotopic (exact) mass is 482 g/mol. The minimum Gasteiger partial charge on any atom is -0.494 e. The summed E-state index contributed by atoms with van der Waals surface area (Å²) in [4.78, 5) is 24.6. The third-order valence-electron chi connectivity index (χ3n) is 5.69. The van der Waals surface area contributed by atoms with E-state index in [1.807, 2.05) is 23.0 Å². The number of carbonyl (C=O) groups is 1. The summed E-state index contributed by atoms with van der Waals surface area (Å²) in [6, 6.07) is 7.28. The number of amides is 1. The van der Waals surface area contributed by atoms with Gasteiger partial charge >= 0.3 is 0 Å². The van der Waals surface area contributed by atoms with E-state index in [0.717, 1.165) is 53.7 Å². The van der Waals surface area contributed by atoms with Gasteiger partial charge in [-0.1, -0.05) is 39.0 Å². The number of nitrogens with zero attached hydrogens (tertiary/aromatic N) is 5. The predicted molar refractivity (Wildman–Crippen MR) is 137 cm³/mol. The van der Waals surface area contributed by atoms with Gasteiger partial charge in [-0.25, -0.2) is 14.6 Å². The highest BCUT2D eigenvalue weighted by atomic mass is 32.2. The molecular formula is C25H34N6O2S. The molecule has 9 heteroatoms. The van der Waals surface area contributed by atoms with Crippen molar-refractivity contribution in [2.45, 2.75) is 63.4 Å². The molecule has 8 nitrogen and oxygen atoms in total. The summed E-state index contributed by atoms with van der Waals surface area (Å²) in [5.41, 5.74) is 1.44. The average molecular weight is 483 g/mol.